The zero-order valence-corrected chi connectivity index (χ0v) is 19.5. The maximum Gasteiger partial charge on any atom is 0.410 e. The zero-order valence-electron chi connectivity index (χ0n) is 19.5. The number of anilines is 1. The minimum Gasteiger partial charge on any atom is -0.497 e. The van der Waals surface area contributed by atoms with E-state index in [0.29, 0.717) is 36.4 Å². The third kappa shape index (κ3) is 6.47. The Morgan fingerprint density at radius 3 is 2.30 bits per heavy atom. The van der Waals surface area contributed by atoms with E-state index in [9.17, 15) is 14.4 Å². The fraction of sp³-hybridized carbons (Fsp3) is 0.400. The Bertz CT molecular complexity index is 970. The lowest BCUT2D eigenvalue weighted by molar-refractivity contribution is -0.129. The molecule has 3 rings (SSSR count). The Morgan fingerprint density at radius 1 is 1.03 bits per heavy atom. The summed E-state index contributed by atoms with van der Waals surface area (Å²) in [5.41, 5.74) is 0.553. The van der Waals surface area contributed by atoms with Gasteiger partial charge in [0.2, 0.25) is 5.91 Å². The number of carbonyl (C=O) groups excluding carboxylic acids is 3. The molecule has 0 unspecified atom stereocenters. The van der Waals surface area contributed by atoms with Gasteiger partial charge >= 0.3 is 6.09 Å². The van der Waals surface area contributed by atoms with Crippen LogP contribution in [0.3, 0.4) is 0 Å². The van der Waals surface area contributed by atoms with E-state index in [1.807, 2.05) is 6.07 Å². The number of rotatable bonds is 6. The van der Waals surface area contributed by atoms with Gasteiger partial charge in [0.15, 0.2) is 0 Å². The SMILES string of the molecule is COc1ccc(NC(=O)[C@H](NC(=O)[C@H]2CCCN2C(=O)OC(C)(C)C)c2ccccc2)cc1. The Labute approximate surface area is 194 Å². The summed E-state index contributed by atoms with van der Waals surface area (Å²) in [6.45, 7) is 5.78. The van der Waals surface area contributed by atoms with Gasteiger partial charge in [0.25, 0.3) is 5.91 Å². The smallest absolute Gasteiger partial charge is 0.410 e. The molecule has 0 bridgehead atoms. The molecule has 1 saturated heterocycles. The minimum absolute atomic E-state index is 0.387. The Morgan fingerprint density at radius 2 is 1.70 bits per heavy atom. The molecule has 0 radical (unpaired) electrons. The van der Waals surface area contributed by atoms with Crippen molar-refractivity contribution in [3.8, 4) is 5.75 Å². The molecule has 176 valence electrons. The van der Waals surface area contributed by atoms with Gasteiger partial charge in [0, 0.05) is 12.2 Å². The molecule has 1 fully saturated rings. The predicted octanol–water partition coefficient (Wildman–Crippen LogP) is 3.89. The highest BCUT2D eigenvalue weighted by molar-refractivity contribution is 5.99. The molecule has 1 heterocycles. The lowest BCUT2D eigenvalue weighted by atomic mass is 10.0. The quantitative estimate of drug-likeness (QED) is 0.692. The van der Waals surface area contributed by atoms with Crippen molar-refractivity contribution in [2.24, 2.45) is 0 Å². The molecule has 33 heavy (non-hydrogen) atoms. The van der Waals surface area contributed by atoms with E-state index in [1.165, 1.54) is 4.90 Å². The molecule has 3 amide bonds. The highest BCUT2D eigenvalue weighted by Crippen LogP contribution is 2.23. The largest absolute Gasteiger partial charge is 0.497 e. The fourth-order valence-electron chi connectivity index (χ4n) is 3.65. The zero-order chi connectivity index (χ0) is 24.0. The Hall–Kier alpha value is -3.55. The number of nitrogens with zero attached hydrogens (tertiary/aromatic N) is 1. The summed E-state index contributed by atoms with van der Waals surface area (Å²) in [6.07, 6.45) is 0.664. The van der Waals surface area contributed by atoms with Gasteiger partial charge < -0.3 is 20.1 Å². The molecule has 0 spiro atoms. The molecule has 2 atom stereocenters. The number of methoxy groups -OCH3 is 1. The van der Waals surface area contributed by atoms with Gasteiger partial charge in [0.05, 0.1) is 7.11 Å². The van der Waals surface area contributed by atoms with Crippen LogP contribution in [0.25, 0.3) is 0 Å². The van der Waals surface area contributed by atoms with Crippen LogP contribution in [-0.4, -0.2) is 48.1 Å². The normalized spacial score (nSPS) is 16.6. The first-order chi connectivity index (χ1) is 15.7. The summed E-state index contributed by atoms with van der Waals surface area (Å²) < 4.78 is 10.6. The molecule has 1 aliphatic heterocycles. The van der Waals surface area contributed by atoms with Crippen LogP contribution in [0, 0.1) is 0 Å². The van der Waals surface area contributed by atoms with Crippen molar-refractivity contribution in [2.75, 3.05) is 19.0 Å². The third-order valence-corrected chi connectivity index (χ3v) is 5.22. The first-order valence-corrected chi connectivity index (χ1v) is 11.0. The average molecular weight is 454 g/mol. The van der Waals surface area contributed by atoms with Crippen molar-refractivity contribution in [2.45, 2.75) is 51.3 Å². The van der Waals surface area contributed by atoms with Gasteiger partial charge in [0.1, 0.15) is 23.4 Å². The molecule has 1 aliphatic rings. The monoisotopic (exact) mass is 453 g/mol. The van der Waals surface area contributed by atoms with Crippen molar-refractivity contribution in [3.63, 3.8) is 0 Å². The summed E-state index contributed by atoms with van der Waals surface area (Å²) in [4.78, 5) is 40.4. The van der Waals surface area contributed by atoms with Gasteiger partial charge in [-0.1, -0.05) is 30.3 Å². The van der Waals surface area contributed by atoms with Crippen LogP contribution in [-0.2, 0) is 14.3 Å². The van der Waals surface area contributed by atoms with Crippen LogP contribution in [0.2, 0.25) is 0 Å². The predicted molar refractivity (Wildman–Crippen MR) is 125 cm³/mol. The fourth-order valence-corrected chi connectivity index (χ4v) is 3.65. The summed E-state index contributed by atoms with van der Waals surface area (Å²) >= 11 is 0. The molecule has 8 nitrogen and oxygen atoms in total. The maximum absolute atomic E-state index is 13.2. The van der Waals surface area contributed by atoms with Crippen LogP contribution < -0.4 is 15.4 Å². The summed E-state index contributed by atoms with van der Waals surface area (Å²) in [5, 5.41) is 5.68. The number of carbonyl (C=O) groups is 3. The van der Waals surface area contributed by atoms with E-state index in [-0.39, 0.29) is 5.91 Å². The highest BCUT2D eigenvalue weighted by atomic mass is 16.6. The molecule has 2 N–H and O–H groups in total. The molecule has 2 aromatic carbocycles. The lowest BCUT2D eigenvalue weighted by Crippen LogP contribution is -2.49. The van der Waals surface area contributed by atoms with Crippen LogP contribution >= 0.6 is 0 Å². The van der Waals surface area contributed by atoms with Crippen molar-refractivity contribution in [1.29, 1.82) is 0 Å². The number of nitrogens with one attached hydrogen (secondary N) is 2. The summed E-state index contributed by atoms with van der Waals surface area (Å²) in [5.74, 6) is -0.108. The second-order valence-corrected chi connectivity index (χ2v) is 8.90. The number of hydrogen-bond donors (Lipinski definition) is 2. The number of ether oxygens (including phenoxy) is 2. The van der Waals surface area contributed by atoms with E-state index in [4.69, 9.17) is 9.47 Å². The minimum atomic E-state index is -0.929. The van der Waals surface area contributed by atoms with E-state index < -0.39 is 29.7 Å². The first kappa shape index (κ1) is 24.1. The molecule has 0 aromatic heterocycles. The van der Waals surface area contributed by atoms with Gasteiger partial charge in [-0.25, -0.2) is 4.79 Å². The second-order valence-electron chi connectivity index (χ2n) is 8.90. The van der Waals surface area contributed by atoms with Gasteiger partial charge in [-0.2, -0.15) is 0 Å². The summed E-state index contributed by atoms with van der Waals surface area (Å²) in [7, 11) is 1.57. The first-order valence-electron chi connectivity index (χ1n) is 11.0. The van der Waals surface area contributed by atoms with E-state index in [0.717, 1.165) is 0 Å². The molecule has 0 aliphatic carbocycles. The van der Waals surface area contributed by atoms with Gasteiger partial charge in [-0.15, -0.1) is 0 Å². The van der Waals surface area contributed by atoms with Gasteiger partial charge in [-0.05, 0) is 63.4 Å². The van der Waals surface area contributed by atoms with E-state index in [1.54, 1.807) is 76.4 Å². The third-order valence-electron chi connectivity index (χ3n) is 5.22. The van der Waals surface area contributed by atoms with Crippen molar-refractivity contribution < 1.29 is 23.9 Å². The highest BCUT2D eigenvalue weighted by Gasteiger charge is 2.38. The number of amides is 3. The van der Waals surface area contributed by atoms with E-state index in [2.05, 4.69) is 10.6 Å². The number of hydrogen-bond acceptors (Lipinski definition) is 5. The topological polar surface area (TPSA) is 97.0 Å². The van der Waals surface area contributed by atoms with Crippen LogP contribution in [0.1, 0.15) is 45.2 Å². The lowest BCUT2D eigenvalue weighted by Gasteiger charge is -2.29. The Balaban J connectivity index is 1.76. The average Bonchev–Trinajstić information content (AvgIpc) is 3.27. The second kappa shape index (κ2) is 10.4. The van der Waals surface area contributed by atoms with Crippen molar-refractivity contribution >= 4 is 23.6 Å². The number of benzene rings is 2. The standard InChI is InChI=1S/C25H31N3O5/c1-25(2,3)33-24(31)28-16-8-11-20(28)22(29)27-21(17-9-6-5-7-10-17)23(30)26-18-12-14-19(32-4)15-13-18/h5-7,9-10,12-15,20-21H,8,11,16H2,1-4H3,(H,26,30)(H,27,29)/t20-,21-/m1/s1. The molecular weight excluding hydrogens is 422 g/mol. The van der Waals surface area contributed by atoms with Crippen LogP contribution in [0.5, 0.6) is 5.75 Å². The Kier molecular flexibility index (Phi) is 7.58. The molecule has 0 saturated carbocycles. The summed E-state index contributed by atoms with van der Waals surface area (Å²) in [6, 6.07) is 14.3. The number of likely N-dealkylation sites (tertiary alicyclic amines) is 1. The molecule has 2 aromatic rings. The molecular formula is C25H31N3O5. The van der Waals surface area contributed by atoms with E-state index >= 15 is 0 Å². The maximum atomic E-state index is 13.2. The van der Waals surface area contributed by atoms with Crippen molar-refractivity contribution in [3.05, 3.63) is 60.2 Å². The van der Waals surface area contributed by atoms with Crippen LogP contribution in [0.4, 0.5) is 10.5 Å². The van der Waals surface area contributed by atoms with Gasteiger partial charge in [-0.3, -0.25) is 14.5 Å². The molecule has 8 heteroatoms. The van der Waals surface area contributed by atoms with Crippen LogP contribution in [0.15, 0.2) is 54.6 Å². The van der Waals surface area contributed by atoms with Crippen molar-refractivity contribution in [1.82, 2.24) is 10.2 Å².